The number of carbonyl (C=O) groups is 1. The second-order valence-corrected chi connectivity index (χ2v) is 5.80. The number of benzene rings is 1. The highest BCUT2D eigenvalue weighted by atomic mass is 16.5. The van der Waals surface area contributed by atoms with Gasteiger partial charge in [0.2, 0.25) is 0 Å². The molecule has 23 heavy (non-hydrogen) atoms. The molecule has 0 bridgehead atoms. The molecule has 1 aromatic carbocycles. The van der Waals surface area contributed by atoms with Crippen LogP contribution in [0.5, 0.6) is 5.75 Å². The molecule has 0 aliphatic carbocycles. The van der Waals surface area contributed by atoms with Crippen LogP contribution in [0.25, 0.3) is 0 Å². The molecule has 0 saturated carbocycles. The van der Waals surface area contributed by atoms with Gasteiger partial charge < -0.3 is 15.4 Å². The third-order valence-corrected chi connectivity index (χ3v) is 4.29. The maximum Gasteiger partial charge on any atom is 0.257 e. The minimum absolute atomic E-state index is 0.0268. The second kappa shape index (κ2) is 6.83. The monoisotopic (exact) mass is 314 g/mol. The van der Waals surface area contributed by atoms with Crippen molar-refractivity contribution in [2.75, 3.05) is 20.2 Å². The molecule has 1 unspecified atom stereocenters. The molecule has 1 amide bonds. The van der Waals surface area contributed by atoms with Gasteiger partial charge >= 0.3 is 0 Å². The molecule has 1 atom stereocenters. The van der Waals surface area contributed by atoms with Crippen molar-refractivity contribution in [2.24, 2.45) is 5.73 Å². The van der Waals surface area contributed by atoms with Crippen molar-refractivity contribution in [3.8, 4) is 5.75 Å². The molecular formula is C17H22N4O2. The van der Waals surface area contributed by atoms with Crippen LogP contribution in [0.1, 0.15) is 28.8 Å². The molecule has 2 aromatic rings. The second-order valence-electron chi connectivity index (χ2n) is 5.80. The van der Waals surface area contributed by atoms with Gasteiger partial charge in [-0.1, -0.05) is 12.1 Å². The van der Waals surface area contributed by atoms with Crippen molar-refractivity contribution in [3.05, 3.63) is 47.8 Å². The van der Waals surface area contributed by atoms with E-state index < -0.39 is 0 Å². The highest BCUT2D eigenvalue weighted by Gasteiger charge is 2.28. The summed E-state index contributed by atoms with van der Waals surface area (Å²) < 4.78 is 6.93. The third kappa shape index (κ3) is 3.37. The van der Waals surface area contributed by atoms with Gasteiger partial charge in [-0.05, 0) is 30.5 Å². The number of hydrogen-bond acceptors (Lipinski definition) is 4. The van der Waals surface area contributed by atoms with Crippen LogP contribution >= 0.6 is 0 Å². The van der Waals surface area contributed by atoms with Gasteiger partial charge in [0.05, 0.1) is 25.4 Å². The van der Waals surface area contributed by atoms with E-state index in [4.69, 9.17) is 10.5 Å². The molecule has 1 aliphatic heterocycles. The molecule has 0 radical (unpaired) electrons. The number of hydrogen-bond donors (Lipinski definition) is 1. The number of methoxy groups -OCH3 is 1. The summed E-state index contributed by atoms with van der Waals surface area (Å²) >= 11 is 0. The smallest absolute Gasteiger partial charge is 0.257 e. The molecule has 0 spiro atoms. The van der Waals surface area contributed by atoms with E-state index in [0.29, 0.717) is 18.7 Å². The molecule has 1 saturated heterocycles. The van der Waals surface area contributed by atoms with Gasteiger partial charge in [-0.3, -0.25) is 9.48 Å². The Bertz CT molecular complexity index is 665. The number of nitrogens with zero attached hydrogens (tertiary/aromatic N) is 3. The maximum absolute atomic E-state index is 12.6. The van der Waals surface area contributed by atoms with Gasteiger partial charge in [-0.15, -0.1) is 0 Å². The molecule has 3 rings (SSSR count). The molecule has 1 aliphatic rings. The van der Waals surface area contributed by atoms with Crippen molar-refractivity contribution >= 4 is 5.91 Å². The van der Waals surface area contributed by atoms with Crippen LogP contribution < -0.4 is 10.5 Å². The number of rotatable bonds is 5. The minimum atomic E-state index is 0.0268. The summed E-state index contributed by atoms with van der Waals surface area (Å²) in [4.78, 5) is 14.4. The van der Waals surface area contributed by atoms with E-state index in [1.165, 1.54) is 0 Å². The first kappa shape index (κ1) is 15.6. The molecule has 6 heteroatoms. The Kier molecular flexibility index (Phi) is 4.62. The average Bonchev–Trinajstić information content (AvgIpc) is 3.24. The van der Waals surface area contributed by atoms with E-state index in [0.717, 1.165) is 30.7 Å². The molecule has 1 fully saturated rings. The molecule has 122 valence electrons. The third-order valence-electron chi connectivity index (χ3n) is 4.29. The predicted molar refractivity (Wildman–Crippen MR) is 87.4 cm³/mol. The molecule has 1 aromatic heterocycles. The summed E-state index contributed by atoms with van der Waals surface area (Å²) in [7, 11) is 1.65. The van der Waals surface area contributed by atoms with E-state index in [-0.39, 0.29) is 11.9 Å². The van der Waals surface area contributed by atoms with Crippen molar-refractivity contribution in [1.29, 1.82) is 0 Å². The molecule has 6 nitrogen and oxygen atoms in total. The summed E-state index contributed by atoms with van der Waals surface area (Å²) in [6.45, 7) is 1.92. The minimum Gasteiger partial charge on any atom is -0.497 e. The number of ether oxygens (including phenoxy) is 1. The first-order chi connectivity index (χ1) is 11.2. The molecule has 2 heterocycles. The number of nitrogens with two attached hydrogens (primary N) is 1. The number of aromatic nitrogens is 2. The van der Waals surface area contributed by atoms with E-state index in [9.17, 15) is 4.79 Å². The SMILES string of the molecule is COc1ccc(Cn2cc(C(=O)N3CCCC3CN)cn2)cc1. The summed E-state index contributed by atoms with van der Waals surface area (Å²) in [5.74, 6) is 0.853. The van der Waals surface area contributed by atoms with Gasteiger partial charge in [-0.25, -0.2) is 0 Å². The lowest BCUT2D eigenvalue weighted by atomic mass is 10.2. The van der Waals surface area contributed by atoms with Crippen LogP contribution in [0, 0.1) is 0 Å². The Morgan fingerprint density at radius 2 is 2.17 bits per heavy atom. The van der Waals surface area contributed by atoms with Crippen molar-refractivity contribution < 1.29 is 9.53 Å². The van der Waals surface area contributed by atoms with Gasteiger partial charge in [0.25, 0.3) is 5.91 Å². The van der Waals surface area contributed by atoms with Crippen LogP contribution in [0.2, 0.25) is 0 Å². The first-order valence-corrected chi connectivity index (χ1v) is 7.87. The number of carbonyl (C=O) groups excluding carboxylic acids is 1. The lowest BCUT2D eigenvalue weighted by molar-refractivity contribution is 0.0741. The van der Waals surface area contributed by atoms with Crippen molar-refractivity contribution in [2.45, 2.75) is 25.4 Å². The number of likely N-dealkylation sites (tertiary alicyclic amines) is 1. The zero-order valence-electron chi connectivity index (χ0n) is 13.3. The quantitative estimate of drug-likeness (QED) is 0.908. The lowest BCUT2D eigenvalue weighted by Crippen LogP contribution is -2.39. The number of amides is 1. The van der Waals surface area contributed by atoms with E-state index in [2.05, 4.69) is 5.10 Å². The summed E-state index contributed by atoms with van der Waals surface area (Å²) in [5.41, 5.74) is 7.48. The van der Waals surface area contributed by atoms with Gasteiger partial charge in [0, 0.05) is 25.3 Å². The summed E-state index contributed by atoms with van der Waals surface area (Å²) in [5, 5.41) is 4.30. The molecular weight excluding hydrogens is 292 g/mol. The normalized spacial score (nSPS) is 17.5. The van der Waals surface area contributed by atoms with Crippen LogP contribution in [0.3, 0.4) is 0 Å². The fraction of sp³-hybridized carbons (Fsp3) is 0.412. The van der Waals surface area contributed by atoms with Crippen LogP contribution in [-0.4, -0.2) is 46.8 Å². The van der Waals surface area contributed by atoms with Crippen LogP contribution in [-0.2, 0) is 6.54 Å². The van der Waals surface area contributed by atoms with Gasteiger partial charge in [0.15, 0.2) is 0 Å². The summed E-state index contributed by atoms with van der Waals surface area (Å²) in [6, 6.07) is 7.98. The predicted octanol–water partition coefficient (Wildman–Crippen LogP) is 1.50. The van der Waals surface area contributed by atoms with E-state index >= 15 is 0 Å². The Balaban J connectivity index is 1.68. The van der Waals surface area contributed by atoms with E-state index in [1.54, 1.807) is 24.2 Å². The standard InChI is InChI=1S/C17H22N4O2/c1-23-16-6-4-13(5-7-16)11-20-12-14(10-19-20)17(22)21-8-2-3-15(21)9-18/h4-7,10,12,15H,2-3,8-9,11,18H2,1H3. The zero-order valence-corrected chi connectivity index (χ0v) is 13.3. The van der Waals surface area contributed by atoms with E-state index in [1.807, 2.05) is 29.2 Å². The average molecular weight is 314 g/mol. The Morgan fingerprint density at radius 3 is 2.87 bits per heavy atom. The largest absolute Gasteiger partial charge is 0.497 e. The Morgan fingerprint density at radius 1 is 1.39 bits per heavy atom. The Hall–Kier alpha value is -2.34. The zero-order chi connectivity index (χ0) is 16.2. The van der Waals surface area contributed by atoms with Crippen molar-refractivity contribution in [3.63, 3.8) is 0 Å². The summed E-state index contributed by atoms with van der Waals surface area (Å²) in [6.07, 6.45) is 5.45. The maximum atomic E-state index is 12.6. The molecule has 2 N–H and O–H groups in total. The highest BCUT2D eigenvalue weighted by Crippen LogP contribution is 2.19. The van der Waals surface area contributed by atoms with Gasteiger partial charge in [-0.2, -0.15) is 5.10 Å². The van der Waals surface area contributed by atoms with Crippen LogP contribution in [0.4, 0.5) is 0 Å². The lowest BCUT2D eigenvalue weighted by Gasteiger charge is -2.22. The highest BCUT2D eigenvalue weighted by molar-refractivity contribution is 5.94. The fourth-order valence-corrected chi connectivity index (χ4v) is 2.99. The first-order valence-electron chi connectivity index (χ1n) is 7.87. The van der Waals surface area contributed by atoms with Crippen molar-refractivity contribution in [1.82, 2.24) is 14.7 Å². The van der Waals surface area contributed by atoms with Gasteiger partial charge in [0.1, 0.15) is 5.75 Å². The topological polar surface area (TPSA) is 73.4 Å². The Labute approximate surface area is 135 Å². The van der Waals surface area contributed by atoms with Crippen LogP contribution in [0.15, 0.2) is 36.7 Å². The fourth-order valence-electron chi connectivity index (χ4n) is 2.99.